The van der Waals surface area contributed by atoms with Gasteiger partial charge in [0.15, 0.2) is 0 Å². The summed E-state index contributed by atoms with van der Waals surface area (Å²) in [5.74, 6) is -0.616. The van der Waals surface area contributed by atoms with E-state index in [1.807, 2.05) is 6.92 Å². The number of thiazole rings is 1. The predicted molar refractivity (Wildman–Crippen MR) is 75.3 cm³/mol. The maximum atomic E-state index is 12.8. The van der Waals surface area contributed by atoms with E-state index in [2.05, 4.69) is 10.3 Å². The molecule has 0 fully saturated rings. The molecule has 2 aromatic rings. The zero-order valence-electron chi connectivity index (χ0n) is 11.2. The molecule has 0 radical (unpaired) electrons. The highest BCUT2D eigenvalue weighted by Gasteiger charge is 2.15. The van der Waals surface area contributed by atoms with Crippen LogP contribution in [0.4, 0.5) is 4.39 Å². The lowest BCUT2D eigenvalue weighted by Gasteiger charge is -2.11. The lowest BCUT2D eigenvalue weighted by Crippen LogP contribution is -2.28. The average Bonchev–Trinajstić information content (AvgIpc) is 2.75. The van der Waals surface area contributed by atoms with Crippen molar-refractivity contribution in [3.05, 3.63) is 51.2 Å². The van der Waals surface area contributed by atoms with Gasteiger partial charge in [0, 0.05) is 6.54 Å². The molecule has 2 N–H and O–H groups in total. The molecule has 0 saturated heterocycles. The number of nitrogens with one attached hydrogen (secondary N) is 1. The van der Waals surface area contributed by atoms with Crippen LogP contribution in [0.5, 0.6) is 0 Å². The van der Waals surface area contributed by atoms with Gasteiger partial charge in [-0.2, -0.15) is 0 Å². The third-order valence-electron chi connectivity index (χ3n) is 2.82. The number of rotatable bonds is 4. The normalized spacial score (nSPS) is 12.2. The summed E-state index contributed by atoms with van der Waals surface area (Å²) in [5.41, 5.74) is 1.24. The molecule has 20 heavy (non-hydrogen) atoms. The van der Waals surface area contributed by atoms with Gasteiger partial charge in [0.05, 0.1) is 16.8 Å². The van der Waals surface area contributed by atoms with Gasteiger partial charge in [0.1, 0.15) is 10.7 Å². The van der Waals surface area contributed by atoms with Crippen LogP contribution < -0.4 is 5.32 Å². The summed E-state index contributed by atoms with van der Waals surface area (Å²) < 4.78 is 12.8. The molecular formula is C14H15FN2O2S. The number of carbonyl (C=O) groups excluding carboxylic acids is 1. The first-order valence-corrected chi connectivity index (χ1v) is 6.95. The number of nitrogens with zero attached hydrogens (tertiary/aromatic N) is 1. The third kappa shape index (κ3) is 3.40. The van der Waals surface area contributed by atoms with Crippen LogP contribution in [0, 0.1) is 19.7 Å². The average molecular weight is 294 g/mol. The molecule has 0 aliphatic rings. The molecule has 0 spiro atoms. The Hall–Kier alpha value is -1.79. The summed E-state index contributed by atoms with van der Waals surface area (Å²) in [6.07, 6.45) is -0.867. The van der Waals surface area contributed by atoms with Gasteiger partial charge in [-0.3, -0.25) is 4.79 Å². The van der Waals surface area contributed by atoms with Crippen LogP contribution in [-0.4, -0.2) is 22.5 Å². The third-order valence-corrected chi connectivity index (χ3v) is 3.89. The molecule has 6 heteroatoms. The lowest BCUT2D eigenvalue weighted by atomic mass is 10.1. The van der Waals surface area contributed by atoms with E-state index in [0.717, 1.165) is 5.01 Å². The van der Waals surface area contributed by atoms with Crippen molar-refractivity contribution < 1.29 is 14.3 Å². The molecule has 1 amide bonds. The highest BCUT2D eigenvalue weighted by atomic mass is 32.1. The smallest absolute Gasteiger partial charge is 0.263 e. The Morgan fingerprint density at radius 3 is 2.60 bits per heavy atom. The number of aryl methyl sites for hydroxylation is 2. The molecule has 4 nitrogen and oxygen atoms in total. The van der Waals surface area contributed by atoms with Crippen molar-refractivity contribution in [2.75, 3.05) is 6.54 Å². The number of carbonyl (C=O) groups is 1. The van der Waals surface area contributed by atoms with Crippen LogP contribution in [0.15, 0.2) is 24.3 Å². The Kier molecular flexibility index (Phi) is 4.46. The summed E-state index contributed by atoms with van der Waals surface area (Å²) in [6, 6.07) is 5.54. The number of amides is 1. The van der Waals surface area contributed by atoms with Gasteiger partial charge in [0.2, 0.25) is 0 Å². The molecule has 1 heterocycles. The van der Waals surface area contributed by atoms with E-state index in [0.29, 0.717) is 16.1 Å². The Bertz CT molecular complexity index is 610. The molecule has 0 bridgehead atoms. The van der Waals surface area contributed by atoms with Crippen LogP contribution in [-0.2, 0) is 0 Å². The molecule has 0 saturated carbocycles. The van der Waals surface area contributed by atoms with E-state index in [1.54, 1.807) is 6.92 Å². The summed E-state index contributed by atoms with van der Waals surface area (Å²) in [5, 5.41) is 13.4. The maximum absolute atomic E-state index is 12.8. The van der Waals surface area contributed by atoms with E-state index in [-0.39, 0.29) is 18.3 Å². The first kappa shape index (κ1) is 14.6. The highest BCUT2D eigenvalue weighted by Crippen LogP contribution is 2.17. The van der Waals surface area contributed by atoms with Gasteiger partial charge in [-0.1, -0.05) is 12.1 Å². The van der Waals surface area contributed by atoms with Crippen molar-refractivity contribution >= 4 is 17.2 Å². The first-order valence-electron chi connectivity index (χ1n) is 6.13. The minimum atomic E-state index is -0.867. The number of benzene rings is 1. The van der Waals surface area contributed by atoms with Crippen LogP contribution in [0.3, 0.4) is 0 Å². The molecule has 106 valence electrons. The summed E-state index contributed by atoms with van der Waals surface area (Å²) in [4.78, 5) is 16.7. The van der Waals surface area contributed by atoms with Crippen molar-refractivity contribution in [3.8, 4) is 0 Å². The fraction of sp³-hybridized carbons (Fsp3) is 0.286. The maximum Gasteiger partial charge on any atom is 0.263 e. The van der Waals surface area contributed by atoms with Crippen molar-refractivity contribution in [2.24, 2.45) is 0 Å². The quantitative estimate of drug-likeness (QED) is 0.910. The Balaban J connectivity index is 1.96. The molecule has 1 atom stereocenters. The Labute approximate surface area is 120 Å². The number of aromatic nitrogens is 1. The molecule has 0 aliphatic carbocycles. The second-order valence-corrected chi connectivity index (χ2v) is 5.63. The van der Waals surface area contributed by atoms with E-state index >= 15 is 0 Å². The summed E-state index contributed by atoms with van der Waals surface area (Å²) >= 11 is 1.32. The van der Waals surface area contributed by atoms with Gasteiger partial charge in [-0.15, -0.1) is 11.3 Å². The second-order valence-electron chi connectivity index (χ2n) is 4.42. The topological polar surface area (TPSA) is 62.2 Å². The van der Waals surface area contributed by atoms with Crippen LogP contribution in [0.1, 0.15) is 32.0 Å². The number of halogens is 1. The van der Waals surface area contributed by atoms with Crippen molar-refractivity contribution in [1.82, 2.24) is 10.3 Å². The van der Waals surface area contributed by atoms with E-state index in [4.69, 9.17) is 0 Å². The Morgan fingerprint density at radius 2 is 2.05 bits per heavy atom. The lowest BCUT2D eigenvalue weighted by molar-refractivity contribution is 0.0919. The fourth-order valence-corrected chi connectivity index (χ4v) is 2.65. The van der Waals surface area contributed by atoms with Gasteiger partial charge in [0.25, 0.3) is 5.91 Å². The van der Waals surface area contributed by atoms with Crippen molar-refractivity contribution in [2.45, 2.75) is 20.0 Å². The van der Waals surface area contributed by atoms with E-state index < -0.39 is 6.10 Å². The van der Waals surface area contributed by atoms with Crippen LogP contribution in [0.2, 0.25) is 0 Å². The van der Waals surface area contributed by atoms with E-state index in [9.17, 15) is 14.3 Å². The second kappa shape index (κ2) is 6.11. The SMILES string of the molecule is Cc1nc(C)c(C(=O)NCC(O)c2ccc(F)cc2)s1. The largest absolute Gasteiger partial charge is 0.387 e. The molecule has 1 aromatic carbocycles. The van der Waals surface area contributed by atoms with Crippen molar-refractivity contribution in [1.29, 1.82) is 0 Å². The summed E-state index contributed by atoms with van der Waals surface area (Å²) in [7, 11) is 0. The number of hydrogen-bond acceptors (Lipinski definition) is 4. The van der Waals surface area contributed by atoms with Gasteiger partial charge >= 0.3 is 0 Å². The predicted octanol–water partition coefficient (Wildman–Crippen LogP) is 2.36. The van der Waals surface area contributed by atoms with Gasteiger partial charge in [-0.25, -0.2) is 9.37 Å². The van der Waals surface area contributed by atoms with Gasteiger partial charge < -0.3 is 10.4 Å². The molecule has 0 aliphatic heterocycles. The molecule has 1 unspecified atom stereocenters. The standard InChI is InChI=1S/C14H15FN2O2S/c1-8-13(20-9(2)17-8)14(19)16-7-12(18)10-3-5-11(15)6-4-10/h3-6,12,18H,7H2,1-2H3,(H,16,19). The van der Waals surface area contributed by atoms with Gasteiger partial charge in [-0.05, 0) is 31.5 Å². The molecular weight excluding hydrogens is 279 g/mol. The molecule has 1 aromatic heterocycles. The zero-order valence-corrected chi connectivity index (χ0v) is 12.0. The Morgan fingerprint density at radius 1 is 1.40 bits per heavy atom. The first-order chi connectivity index (χ1) is 9.47. The van der Waals surface area contributed by atoms with Crippen LogP contribution in [0.25, 0.3) is 0 Å². The minimum absolute atomic E-state index is 0.0703. The van der Waals surface area contributed by atoms with Crippen molar-refractivity contribution in [3.63, 3.8) is 0 Å². The minimum Gasteiger partial charge on any atom is -0.387 e. The fourth-order valence-electron chi connectivity index (χ4n) is 1.81. The number of aliphatic hydroxyl groups is 1. The monoisotopic (exact) mass is 294 g/mol. The zero-order chi connectivity index (χ0) is 14.7. The molecule has 2 rings (SSSR count). The number of aliphatic hydroxyl groups excluding tert-OH is 1. The summed E-state index contributed by atoms with van der Waals surface area (Å²) in [6.45, 7) is 3.68. The number of hydrogen-bond donors (Lipinski definition) is 2. The van der Waals surface area contributed by atoms with Crippen LogP contribution >= 0.6 is 11.3 Å². The highest BCUT2D eigenvalue weighted by molar-refractivity contribution is 7.13. The van der Waals surface area contributed by atoms with E-state index in [1.165, 1.54) is 35.6 Å².